The molecule has 20 heavy (non-hydrogen) atoms. The molecule has 1 spiro atoms. The first-order valence-corrected chi connectivity index (χ1v) is 8.92. The van der Waals surface area contributed by atoms with Crippen LogP contribution in [0.5, 0.6) is 0 Å². The van der Waals surface area contributed by atoms with E-state index in [9.17, 15) is 0 Å². The quantitative estimate of drug-likeness (QED) is 0.778. The Labute approximate surface area is 125 Å². The SMILES string of the molecule is CSNc1ccc2ccn(C3CCC4(CC3)CC4)c2c1. The van der Waals surface area contributed by atoms with E-state index >= 15 is 0 Å². The van der Waals surface area contributed by atoms with E-state index in [0.29, 0.717) is 6.04 Å². The summed E-state index contributed by atoms with van der Waals surface area (Å²) in [5, 5.41) is 1.36. The molecular weight excluding hydrogens is 264 g/mol. The summed E-state index contributed by atoms with van der Waals surface area (Å²) in [4.78, 5) is 0. The average molecular weight is 286 g/mol. The van der Waals surface area contributed by atoms with Crippen molar-refractivity contribution in [1.29, 1.82) is 0 Å². The molecule has 2 aromatic rings. The molecule has 0 saturated heterocycles. The van der Waals surface area contributed by atoms with Crippen molar-refractivity contribution < 1.29 is 0 Å². The van der Waals surface area contributed by atoms with Gasteiger partial charge in [0.2, 0.25) is 0 Å². The third kappa shape index (κ3) is 2.12. The van der Waals surface area contributed by atoms with Gasteiger partial charge >= 0.3 is 0 Å². The molecule has 0 unspecified atom stereocenters. The summed E-state index contributed by atoms with van der Waals surface area (Å²) in [5.74, 6) is 0. The maximum atomic E-state index is 3.35. The molecule has 0 atom stereocenters. The van der Waals surface area contributed by atoms with Crippen LogP contribution in [0.3, 0.4) is 0 Å². The van der Waals surface area contributed by atoms with E-state index in [-0.39, 0.29) is 0 Å². The van der Waals surface area contributed by atoms with E-state index in [1.807, 2.05) is 0 Å². The fourth-order valence-corrected chi connectivity index (χ4v) is 4.18. The Kier molecular flexibility index (Phi) is 2.99. The Morgan fingerprint density at radius 2 is 1.95 bits per heavy atom. The van der Waals surface area contributed by atoms with Crippen molar-refractivity contribution in [3.05, 3.63) is 30.5 Å². The predicted octanol–water partition coefficient (Wildman–Crippen LogP) is 5.23. The van der Waals surface area contributed by atoms with Gasteiger partial charge in [-0.1, -0.05) is 18.0 Å². The number of hydrogen-bond acceptors (Lipinski definition) is 2. The Balaban J connectivity index is 1.63. The first kappa shape index (κ1) is 12.6. The molecule has 3 heteroatoms. The van der Waals surface area contributed by atoms with E-state index in [0.717, 1.165) is 5.41 Å². The Morgan fingerprint density at radius 3 is 2.65 bits per heavy atom. The van der Waals surface area contributed by atoms with Gasteiger partial charge in [-0.25, -0.2) is 0 Å². The topological polar surface area (TPSA) is 17.0 Å². The van der Waals surface area contributed by atoms with Crippen LogP contribution in [-0.4, -0.2) is 10.8 Å². The molecule has 2 fully saturated rings. The summed E-state index contributed by atoms with van der Waals surface area (Å²) < 4.78 is 5.87. The van der Waals surface area contributed by atoms with Crippen LogP contribution in [0.1, 0.15) is 44.6 Å². The highest BCUT2D eigenvalue weighted by Crippen LogP contribution is 2.58. The Bertz CT molecular complexity index is 617. The van der Waals surface area contributed by atoms with E-state index in [1.54, 1.807) is 11.9 Å². The molecule has 2 saturated carbocycles. The number of benzene rings is 1. The predicted molar refractivity (Wildman–Crippen MR) is 88.2 cm³/mol. The van der Waals surface area contributed by atoms with Gasteiger partial charge in [0.25, 0.3) is 0 Å². The molecule has 1 heterocycles. The summed E-state index contributed by atoms with van der Waals surface area (Å²) >= 11 is 1.66. The number of anilines is 1. The van der Waals surface area contributed by atoms with Gasteiger partial charge in [0.05, 0.1) is 5.52 Å². The number of nitrogens with one attached hydrogen (secondary N) is 1. The molecule has 1 aromatic carbocycles. The summed E-state index contributed by atoms with van der Waals surface area (Å²) in [6.45, 7) is 0. The lowest BCUT2D eigenvalue weighted by Gasteiger charge is -2.30. The van der Waals surface area contributed by atoms with Gasteiger partial charge in [0.1, 0.15) is 0 Å². The molecule has 1 aromatic heterocycles. The first-order valence-electron chi connectivity index (χ1n) is 7.69. The van der Waals surface area contributed by atoms with E-state index < -0.39 is 0 Å². The van der Waals surface area contributed by atoms with Crippen LogP contribution in [0.2, 0.25) is 0 Å². The molecule has 0 aliphatic heterocycles. The van der Waals surface area contributed by atoms with Crippen LogP contribution in [0.25, 0.3) is 10.9 Å². The first-order chi connectivity index (χ1) is 9.80. The standard InChI is InChI=1S/C17H22N2S/c1-20-18-14-3-2-13-6-11-19(16(13)12-14)15-4-7-17(8-5-15)9-10-17/h2-3,6,11-12,15,18H,4-5,7-10H2,1H3. The molecule has 2 aliphatic carbocycles. The second kappa shape index (κ2) is 4.73. The lowest BCUT2D eigenvalue weighted by atomic mass is 9.83. The lowest BCUT2D eigenvalue weighted by molar-refractivity contribution is 0.262. The number of rotatable bonds is 3. The molecule has 1 N–H and O–H groups in total. The molecule has 2 nitrogen and oxygen atoms in total. The van der Waals surface area contributed by atoms with Crippen LogP contribution in [0.4, 0.5) is 5.69 Å². The van der Waals surface area contributed by atoms with Crippen molar-refractivity contribution in [3.63, 3.8) is 0 Å². The molecule has 0 amide bonds. The molecule has 0 bridgehead atoms. The van der Waals surface area contributed by atoms with Crippen molar-refractivity contribution in [2.45, 2.75) is 44.6 Å². The zero-order valence-electron chi connectivity index (χ0n) is 12.1. The second-order valence-corrected chi connectivity index (χ2v) is 7.15. The lowest BCUT2D eigenvalue weighted by Crippen LogP contribution is -2.18. The minimum Gasteiger partial charge on any atom is -0.344 e. The zero-order valence-corrected chi connectivity index (χ0v) is 12.9. The van der Waals surface area contributed by atoms with Crippen LogP contribution >= 0.6 is 11.9 Å². The summed E-state index contributed by atoms with van der Waals surface area (Å²) in [5.41, 5.74) is 3.38. The van der Waals surface area contributed by atoms with Crippen molar-refractivity contribution in [1.82, 2.24) is 4.57 Å². The van der Waals surface area contributed by atoms with E-state index in [4.69, 9.17) is 0 Å². The number of fused-ring (bicyclic) bond motifs is 1. The minimum absolute atomic E-state index is 0.711. The van der Waals surface area contributed by atoms with Gasteiger partial charge in [0.15, 0.2) is 0 Å². The third-order valence-electron chi connectivity index (χ3n) is 5.31. The molecule has 106 valence electrons. The van der Waals surface area contributed by atoms with Crippen LogP contribution in [0, 0.1) is 5.41 Å². The van der Waals surface area contributed by atoms with Gasteiger partial charge in [0, 0.05) is 24.2 Å². The largest absolute Gasteiger partial charge is 0.344 e. The normalized spacial score (nSPS) is 21.4. The van der Waals surface area contributed by atoms with Gasteiger partial charge in [-0.2, -0.15) is 0 Å². The fraction of sp³-hybridized carbons (Fsp3) is 0.529. The molecule has 0 radical (unpaired) electrons. The fourth-order valence-electron chi connectivity index (χ4n) is 3.82. The second-order valence-electron chi connectivity index (χ2n) is 6.53. The van der Waals surface area contributed by atoms with Crippen molar-refractivity contribution in [2.75, 3.05) is 11.0 Å². The van der Waals surface area contributed by atoms with Crippen LogP contribution in [-0.2, 0) is 0 Å². The van der Waals surface area contributed by atoms with Gasteiger partial charge in [-0.15, -0.1) is 0 Å². The number of aromatic nitrogens is 1. The van der Waals surface area contributed by atoms with Gasteiger partial charge in [-0.3, -0.25) is 0 Å². The molecular formula is C17H22N2S. The van der Waals surface area contributed by atoms with Crippen molar-refractivity contribution in [2.24, 2.45) is 5.41 Å². The Morgan fingerprint density at radius 1 is 1.15 bits per heavy atom. The highest BCUT2D eigenvalue weighted by molar-refractivity contribution is 7.99. The molecule has 2 aliphatic rings. The van der Waals surface area contributed by atoms with Gasteiger partial charge in [-0.05, 0) is 67.5 Å². The zero-order chi connectivity index (χ0) is 13.6. The number of hydrogen-bond donors (Lipinski definition) is 1. The van der Waals surface area contributed by atoms with E-state index in [1.165, 1.54) is 55.1 Å². The monoisotopic (exact) mass is 286 g/mol. The maximum Gasteiger partial charge on any atom is 0.0503 e. The van der Waals surface area contributed by atoms with Crippen LogP contribution in [0.15, 0.2) is 30.5 Å². The highest BCUT2D eigenvalue weighted by atomic mass is 32.2. The third-order valence-corrected chi connectivity index (χ3v) is 5.75. The summed E-state index contributed by atoms with van der Waals surface area (Å²) in [6, 6.07) is 9.68. The highest BCUT2D eigenvalue weighted by Gasteiger charge is 2.44. The van der Waals surface area contributed by atoms with E-state index in [2.05, 4.69) is 46.0 Å². The van der Waals surface area contributed by atoms with Crippen molar-refractivity contribution >= 4 is 28.5 Å². The smallest absolute Gasteiger partial charge is 0.0503 e. The van der Waals surface area contributed by atoms with Gasteiger partial charge < -0.3 is 9.29 Å². The minimum atomic E-state index is 0.711. The van der Waals surface area contributed by atoms with Crippen LogP contribution < -0.4 is 4.72 Å². The number of nitrogens with zero attached hydrogens (tertiary/aromatic N) is 1. The molecule has 4 rings (SSSR count). The summed E-state index contributed by atoms with van der Waals surface area (Å²) in [7, 11) is 0. The average Bonchev–Trinajstić information content (AvgIpc) is 3.09. The summed E-state index contributed by atoms with van der Waals surface area (Å²) in [6.07, 6.45) is 13.0. The Hall–Kier alpha value is -1.09. The van der Waals surface area contributed by atoms with Crippen molar-refractivity contribution in [3.8, 4) is 0 Å². The maximum absolute atomic E-state index is 3.35.